The molecule has 0 N–H and O–H groups in total. The molecule has 0 aliphatic carbocycles. The maximum atomic E-state index is 10.1. The van der Waals surface area contributed by atoms with Gasteiger partial charge in [0.2, 0.25) is 10.4 Å². The van der Waals surface area contributed by atoms with Crippen LogP contribution >= 0.6 is 0 Å². The van der Waals surface area contributed by atoms with Gasteiger partial charge in [-0.3, -0.25) is 4.18 Å². The Morgan fingerprint density at radius 1 is 0.833 bits per heavy atom. The summed E-state index contributed by atoms with van der Waals surface area (Å²) in [5.41, 5.74) is 0. The third-order valence-electron chi connectivity index (χ3n) is 2.73. The fourth-order valence-electron chi connectivity index (χ4n) is 1.75. The Hall–Kier alpha value is 2.78. The van der Waals surface area contributed by atoms with Crippen molar-refractivity contribution in [1.82, 2.24) is 0 Å². The summed E-state index contributed by atoms with van der Waals surface area (Å²) in [5, 5.41) is 16.7. The van der Waals surface area contributed by atoms with Gasteiger partial charge >= 0.3 is 110 Å². The number of unbranched alkanes of at least 4 members (excludes halogenated alkanes) is 9. The molecular weight excluding hydrogens is 385 g/mol. The van der Waals surface area contributed by atoms with Gasteiger partial charge in [0, 0.05) is 0 Å². The fraction of sp³-hybridized carbons (Fsp3) is 0.923. The van der Waals surface area contributed by atoms with Crippen LogP contribution in [0.4, 0.5) is 4.79 Å². The Labute approximate surface area is 233 Å². The van der Waals surface area contributed by atoms with Crippen LogP contribution in [0.2, 0.25) is 0 Å². The molecule has 0 heterocycles. The molecule has 0 bridgehead atoms. The molecule has 0 aromatic rings. The van der Waals surface area contributed by atoms with E-state index in [1.165, 1.54) is 44.9 Å². The molecule has 128 valence electrons. The number of carbonyl (C=O) groups excluding carboxylic acids is 1. The Bertz CT molecular complexity index is 339. The molecule has 0 aliphatic heterocycles. The van der Waals surface area contributed by atoms with E-state index in [9.17, 15) is 13.0 Å². The maximum absolute atomic E-state index is 10.1. The normalized spacial score (nSPS) is 9.42. The van der Waals surface area contributed by atoms with Crippen molar-refractivity contribution in [2.24, 2.45) is 0 Å². The monoisotopic (exact) mass is 410 g/mol. The van der Waals surface area contributed by atoms with Gasteiger partial charge in [0.05, 0.1) is 6.61 Å². The molecule has 24 heavy (non-hydrogen) atoms. The van der Waals surface area contributed by atoms with Crippen molar-refractivity contribution in [3.8, 4) is 0 Å². The molecule has 7 nitrogen and oxygen atoms in total. The van der Waals surface area contributed by atoms with Gasteiger partial charge in [0.1, 0.15) is 0 Å². The van der Waals surface area contributed by atoms with Crippen LogP contribution in [0.1, 0.15) is 71.1 Å². The summed E-state index contributed by atoms with van der Waals surface area (Å²) in [7, 11) is -4.48. The molecule has 0 saturated carbocycles. The third-order valence-corrected chi connectivity index (χ3v) is 3.18. The van der Waals surface area contributed by atoms with Gasteiger partial charge in [-0.2, -0.15) is 0 Å². The van der Waals surface area contributed by atoms with E-state index in [1.54, 1.807) is 0 Å². The van der Waals surface area contributed by atoms with Gasteiger partial charge in [0.15, 0.2) is 0 Å². The van der Waals surface area contributed by atoms with Crippen LogP contribution in [0.15, 0.2) is 0 Å². The van der Waals surface area contributed by atoms with E-state index in [1.807, 2.05) is 0 Å². The third kappa shape index (κ3) is 49.8. The van der Waals surface area contributed by atoms with Crippen LogP contribution in [0.3, 0.4) is 0 Å². The molecule has 0 atom stereocenters. The Morgan fingerprint density at radius 3 is 1.42 bits per heavy atom. The van der Waals surface area contributed by atoms with E-state index < -0.39 is 16.6 Å². The smallest absolute Gasteiger partial charge is 0.726 e. The zero-order chi connectivity index (χ0) is 16.6. The summed E-state index contributed by atoms with van der Waals surface area (Å²) in [4.78, 5) is 8.33. The number of hydrogen-bond donors (Lipinski definition) is 0. The Balaban J connectivity index is -0.000000154. The van der Waals surface area contributed by atoms with E-state index in [-0.39, 0.29) is 117 Å². The van der Waals surface area contributed by atoms with E-state index in [4.69, 9.17) is 15.0 Å². The average Bonchev–Trinajstić information content (AvgIpc) is 2.34. The van der Waals surface area contributed by atoms with Crippen molar-refractivity contribution in [1.29, 1.82) is 0 Å². The second kappa shape index (κ2) is 28.0. The van der Waals surface area contributed by atoms with Gasteiger partial charge in [0.25, 0.3) is 0 Å². The van der Waals surface area contributed by atoms with Gasteiger partial charge in [-0.1, -0.05) is 64.7 Å². The van der Waals surface area contributed by atoms with Gasteiger partial charge in [-0.05, 0) is 12.6 Å². The van der Waals surface area contributed by atoms with Crippen LogP contribution in [-0.4, -0.2) is 25.7 Å². The molecule has 0 saturated heterocycles. The molecule has 0 amide bonds. The van der Waals surface area contributed by atoms with E-state index in [0.717, 1.165) is 12.8 Å². The van der Waals surface area contributed by atoms with Crippen LogP contribution < -0.4 is 121 Å². The van der Waals surface area contributed by atoms with Crippen molar-refractivity contribution in [2.75, 3.05) is 6.61 Å². The van der Waals surface area contributed by atoms with E-state index in [0.29, 0.717) is 6.42 Å². The quantitative estimate of drug-likeness (QED) is 0.135. The molecular formula is C13H25KNa2O7S. The summed E-state index contributed by atoms with van der Waals surface area (Å²) in [6, 6.07) is 0. The average molecular weight is 410 g/mol. The number of hydrogen-bond acceptors (Lipinski definition) is 7. The van der Waals surface area contributed by atoms with Gasteiger partial charge in [-0.15, -0.1) is 0 Å². The maximum Gasteiger partial charge on any atom is 1.00 e. The summed E-state index contributed by atoms with van der Waals surface area (Å²) in [5.74, 6) is 0. The largest absolute Gasteiger partial charge is 1.00 e. The van der Waals surface area contributed by atoms with Crippen LogP contribution in [0, 0.1) is 0 Å². The Kier molecular flexibility index (Phi) is 43.8. The van der Waals surface area contributed by atoms with Crippen LogP contribution in [0.5, 0.6) is 0 Å². The zero-order valence-electron chi connectivity index (χ0n) is 15.5. The van der Waals surface area contributed by atoms with Crippen molar-refractivity contribution in [2.45, 2.75) is 71.1 Å². The van der Waals surface area contributed by atoms with Gasteiger partial charge < -0.3 is 19.6 Å². The van der Waals surface area contributed by atoms with Crippen LogP contribution in [0.25, 0.3) is 0 Å². The van der Waals surface area contributed by atoms with Gasteiger partial charge in [-0.25, -0.2) is 8.42 Å². The van der Waals surface area contributed by atoms with Crippen molar-refractivity contribution in [3.63, 3.8) is 0 Å². The van der Waals surface area contributed by atoms with E-state index in [2.05, 4.69) is 11.1 Å². The second-order valence-electron chi connectivity index (χ2n) is 4.66. The number of carbonyl (C=O) groups is 1. The summed E-state index contributed by atoms with van der Waals surface area (Å²) in [6.45, 7) is 2.24. The molecule has 0 rings (SSSR count). The zero-order valence-corrected chi connectivity index (χ0v) is 23.5. The summed E-state index contributed by atoms with van der Waals surface area (Å²) in [6.07, 6.45) is 9.37. The first-order valence-electron chi connectivity index (χ1n) is 7.27. The number of carboxylic acid groups (broad SMARTS) is 2. The predicted molar refractivity (Wildman–Crippen MR) is 72.9 cm³/mol. The molecule has 0 fully saturated rings. The predicted octanol–water partition coefficient (Wildman–Crippen LogP) is -8.05. The van der Waals surface area contributed by atoms with Crippen molar-refractivity contribution >= 4 is 16.6 Å². The first kappa shape index (κ1) is 37.5. The molecule has 0 radical (unpaired) electrons. The van der Waals surface area contributed by atoms with Crippen molar-refractivity contribution in [3.05, 3.63) is 0 Å². The summed E-state index contributed by atoms with van der Waals surface area (Å²) < 4.78 is 34.5. The molecule has 0 aromatic heterocycles. The molecule has 0 unspecified atom stereocenters. The summed E-state index contributed by atoms with van der Waals surface area (Å²) >= 11 is 0. The minimum Gasteiger partial charge on any atom is -0.726 e. The first-order valence-corrected chi connectivity index (χ1v) is 8.61. The first-order chi connectivity index (χ1) is 9.79. The number of rotatable bonds is 12. The Morgan fingerprint density at radius 2 is 1.12 bits per heavy atom. The topological polar surface area (TPSA) is 130 Å². The molecule has 0 aromatic carbocycles. The molecule has 0 aliphatic rings. The van der Waals surface area contributed by atoms with E-state index >= 15 is 0 Å². The molecule has 11 heteroatoms. The fourth-order valence-corrected chi connectivity index (χ4v) is 2.07. The second-order valence-corrected chi connectivity index (χ2v) is 5.71. The minimum absolute atomic E-state index is 0. The standard InChI is InChI=1S/C12H26O4S.CH2O3.K.2Na/c1-2-3-4-5-6-7-8-9-10-11-12-16-17(13,14)15;2-1(3)4;;;/h2-12H2,1H3,(H,13,14,15);(H2,2,3,4);;;/q;;3*+1/p-3. The van der Waals surface area contributed by atoms with Crippen molar-refractivity contribution < 1.29 is 143 Å². The minimum atomic E-state index is -4.48. The van der Waals surface area contributed by atoms with Crippen LogP contribution in [-0.2, 0) is 14.6 Å². The molecule has 0 spiro atoms. The SMILES string of the molecule is CCCCCCCCCCCCOS(=O)(=O)[O-].O=C([O-])[O-].[K+].[Na+].[Na+].